The average Bonchev–Trinajstić information content (AvgIpc) is 3.13. The lowest BCUT2D eigenvalue weighted by molar-refractivity contribution is -0.141. The number of urea groups is 1. The summed E-state index contributed by atoms with van der Waals surface area (Å²) in [6.45, 7) is 0. The molecule has 1 heterocycles. The molecule has 2 aromatic carbocycles. The van der Waals surface area contributed by atoms with E-state index in [1.54, 1.807) is 0 Å². The van der Waals surface area contributed by atoms with Crippen molar-refractivity contribution < 1.29 is 30.8 Å². The fourth-order valence-electron chi connectivity index (χ4n) is 2.85. The van der Waals surface area contributed by atoms with E-state index in [0.29, 0.717) is 6.07 Å². The Balaban J connectivity index is 2.16. The van der Waals surface area contributed by atoms with Gasteiger partial charge in [-0.1, -0.05) is 0 Å². The number of sulfonamides is 1. The first-order valence-electron chi connectivity index (χ1n) is 8.57. The number of hydrogen-bond donors (Lipinski definition) is 2. The smallest absolute Gasteiger partial charge is 0.350 e. The van der Waals surface area contributed by atoms with Gasteiger partial charge in [0.1, 0.15) is 5.82 Å². The summed E-state index contributed by atoms with van der Waals surface area (Å²) in [6.07, 6.45) is -3.29. The topological polar surface area (TPSA) is 124 Å². The Morgan fingerprint density at radius 1 is 1.12 bits per heavy atom. The van der Waals surface area contributed by atoms with Gasteiger partial charge in [-0.05, 0) is 60.5 Å². The van der Waals surface area contributed by atoms with E-state index in [0.717, 1.165) is 39.1 Å². The minimum absolute atomic E-state index is 0.0363. The Hall–Kier alpha value is -3.10. The predicted octanol–water partition coefficient (Wildman–Crippen LogP) is 3.51. The fraction of sp³-hybridized carbons (Fsp3) is 0.111. The van der Waals surface area contributed by atoms with E-state index in [2.05, 4.69) is 5.10 Å². The number of amides is 2. The summed E-state index contributed by atoms with van der Waals surface area (Å²) in [5.74, 6) is -0.932. The SMILES string of the molecule is CSN(C(N)=O)c1ccc(-c2cc(C(F)(F)F)nn2-c2ccc(S(N)(=O)=O)cc2)c(F)c1. The molecule has 0 spiro atoms. The number of anilines is 1. The van der Waals surface area contributed by atoms with Crippen LogP contribution in [-0.4, -0.2) is 30.5 Å². The molecular weight excluding hydrogens is 474 g/mol. The molecule has 4 N–H and O–H groups in total. The molecule has 0 bridgehead atoms. The van der Waals surface area contributed by atoms with E-state index in [-0.39, 0.29) is 27.5 Å². The quantitative estimate of drug-likeness (QED) is 0.419. The minimum Gasteiger partial charge on any atom is -0.350 e. The molecule has 0 saturated carbocycles. The van der Waals surface area contributed by atoms with Crippen LogP contribution in [0.1, 0.15) is 5.69 Å². The van der Waals surface area contributed by atoms with Crippen LogP contribution in [0.15, 0.2) is 53.4 Å². The van der Waals surface area contributed by atoms with Crippen molar-refractivity contribution in [2.75, 3.05) is 10.6 Å². The number of hydrogen-bond acceptors (Lipinski definition) is 5. The molecule has 0 aliphatic carbocycles. The average molecular weight is 489 g/mol. The van der Waals surface area contributed by atoms with Crippen LogP contribution in [0.2, 0.25) is 0 Å². The van der Waals surface area contributed by atoms with Gasteiger partial charge in [-0.2, -0.15) is 18.3 Å². The van der Waals surface area contributed by atoms with Crippen molar-refractivity contribution >= 4 is 33.7 Å². The van der Waals surface area contributed by atoms with E-state index in [4.69, 9.17) is 10.9 Å². The second-order valence-electron chi connectivity index (χ2n) is 6.34. The summed E-state index contributed by atoms with van der Waals surface area (Å²) in [7, 11) is -4.03. The number of alkyl halides is 3. The number of carbonyl (C=O) groups excluding carboxylic acids is 1. The monoisotopic (exact) mass is 489 g/mol. The summed E-state index contributed by atoms with van der Waals surface area (Å²) in [5, 5.41) is 8.55. The first-order valence-corrected chi connectivity index (χ1v) is 11.3. The standard InChI is InChI=1S/C18H15F4N5O3S2/c1-31-27(17(23)28)11-4-7-13(14(19)8-11)15-9-16(18(20,21)22)25-26(15)10-2-5-12(6-3-10)32(24,29)30/h2-9H,1H3,(H2,23,28)(H2,24,29,30). The van der Waals surface area contributed by atoms with Gasteiger partial charge in [-0.3, -0.25) is 0 Å². The summed E-state index contributed by atoms with van der Waals surface area (Å²) in [6, 6.07) is 7.80. The van der Waals surface area contributed by atoms with E-state index in [9.17, 15) is 30.8 Å². The van der Waals surface area contributed by atoms with E-state index >= 15 is 0 Å². The van der Waals surface area contributed by atoms with Gasteiger partial charge in [-0.15, -0.1) is 0 Å². The molecule has 2 amide bonds. The van der Waals surface area contributed by atoms with E-state index in [1.807, 2.05) is 0 Å². The molecule has 0 radical (unpaired) electrons. The lowest BCUT2D eigenvalue weighted by Gasteiger charge is -2.17. The number of rotatable bonds is 5. The summed E-state index contributed by atoms with van der Waals surface area (Å²) < 4.78 is 79.5. The molecule has 14 heteroatoms. The van der Waals surface area contributed by atoms with Crippen molar-refractivity contribution in [1.29, 1.82) is 0 Å². The van der Waals surface area contributed by atoms with Crippen LogP contribution < -0.4 is 15.2 Å². The number of nitrogens with two attached hydrogens (primary N) is 2. The zero-order valence-electron chi connectivity index (χ0n) is 16.2. The maximum absolute atomic E-state index is 14.9. The summed E-state index contributed by atoms with van der Waals surface area (Å²) >= 11 is 0.919. The molecule has 0 saturated heterocycles. The van der Waals surface area contributed by atoms with Crippen LogP contribution in [0.5, 0.6) is 0 Å². The number of halogens is 4. The van der Waals surface area contributed by atoms with Crippen LogP contribution in [0.3, 0.4) is 0 Å². The van der Waals surface area contributed by atoms with Gasteiger partial charge in [0.2, 0.25) is 10.0 Å². The van der Waals surface area contributed by atoms with Crippen LogP contribution in [0.25, 0.3) is 16.9 Å². The maximum Gasteiger partial charge on any atom is 0.435 e. The van der Waals surface area contributed by atoms with Crippen molar-refractivity contribution in [3.05, 3.63) is 60.0 Å². The first kappa shape index (κ1) is 23.6. The molecule has 0 aliphatic heterocycles. The third-order valence-corrected chi connectivity index (χ3v) is 5.94. The third-order valence-electron chi connectivity index (χ3n) is 4.26. The zero-order chi connectivity index (χ0) is 23.8. The van der Waals surface area contributed by atoms with Crippen molar-refractivity contribution in [3.8, 4) is 16.9 Å². The summed E-state index contributed by atoms with van der Waals surface area (Å²) in [4.78, 5) is 11.2. The molecule has 8 nitrogen and oxygen atoms in total. The number of aromatic nitrogens is 2. The number of carbonyl (C=O) groups is 1. The normalized spacial score (nSPS) is 12.1. The highest BCUT2D eigenvalue weighted by atomic mass is 32.2. The van der Waals surface area contributed by atoms with Gasteiger partial charge >= 0.3 is 12.2 Å². The molecular formula is C18H15F4N5O3S2. The number of primary amides is 1. The van der Waals surface area contributed by atoms with Crippen molar-refractivity contribution in [3.63, 3.8) is 0 Å². The molecule has 0 aliphatic rings. The van der Waals surface area contributed by atoms with Gasteiger partial charge in [0.05, 0.1) is 22.0 Å². The maximum atomic E-state index is 14.9. The Morgan fingerprint density at radius 2 is 1.75 bits per heavy atom. The molecule has 0 atom stereocenters. The Labute approximate surface area is 184 Å². The van der Waals surface area contributed by atoms with Crippen molar-refractivity contribution in [1.82, 2.24) is 9.78 Å². The van der Waals surface area contributed by atoms with Gasteiger partial charge in [0, 0.05) is 11.8 Å². The van der Waals surface area contributed by atoms with Crippen LogP contribution >= 0.6 is 11.9 Å². The van der Waals surface area contributed by atoms with Crippen LogP contribution in [0, 0.1) is 5.82 Å². The van der Waals surface area contributed by atoms with E-state index < -0.39 is 33.7 Å². The zero-order valence-corrected chi connectivity index (χ0v) is 17.8. The van der Waals surface area contributed by atoms with Crippen molar-refractivity contribution in [2.45, 2.75) is 11.1 Å². The predicted molar refractivity (Wildman–Crippen MR) is 111 cm³/mol. The molecule has 1 aromatic heterocycles. The lowest BCUT2D eigenvalue weighted by Crippen LogP contribution is -2.29. The highest BCUT2D eigenvalue weighted by Gasteiger charge is 2.35. The molecule has 32 heavy (non-hydrogen) atoms. The van der Waals surface area contributed by atoms with Crippen molar-refractivity contribution in [2.24, 2.45) is 10.9 Å². The molecule has 0 unspecified atom stereocenters. The fourth-order valence-corrected chi connectivity index (χ4v) is 3.87. The van der Waals surface area contributed by atoms with Crippen LogP contribution in [-0.2, 0) is 16.2 Å². The Bertz CT molecular complexity index is 1270. The Morgan fingerprint density at radius 3 is 2.22 bits per heavy atom. The largest absolute Gasteiger partial charge is 0.435 e. The number of benzene rings is 2. The third kappa shape index (κ3) is 4.71. The second-order valence-corrected chi connectivity index (χ2v) is 8.63. The first-order chi connectivity index (χ1) is 14.8. The number of primary sulfonamides is 1. The number of nitrogens with zero attached hydrogens (tertiary/aromatic N) is 3. The van der Waals surface area contributed by atoms with Gasteiger partial charge in [0.25, 0.3) is 0 Å². The van der Waals surface area contributed by atoms with Gasteiger partial charge in [0.15, 0.2) is 5.69 Å². The highest BCUT2D eigenvalue weighted by molar-refractivity contribution is 8.00. The lowest BCUT2D eigenvalue weighted by atomic mass is 10.1. The summed E-state index contributed by atoms with van der Waals surface area (Å²) in [5.41, 5.74) is 3.58. The molecule has 3 rings (SSSR count). The molecule has 170 valence electrons. The van der Waals surface area contributed by atoms with Gasteiger partial charge in [-0.25, -0.2) is 31.7 Å². The minimum atomic E-state index is -4.82. The molecule has 0 fully saturated rings. The highest BCUT2D eigenvalue weighted by Crippen LogP contribution is 2.35. The Kier molecular flexibility index (Phi) is 6.22. The second kappa shape index (κ2) is 8.44. The van der Waals surface area contributed by atoms with E-state index in [1.165, 1.54) is 30.5 Å². The van der Waals surface area contributed by atoms with Gasteiger partial charge < -0.3 is 5.73 Å². The van der Waals surface area contributed by atoms with Crippen LogP contribution in [0.4, 0.5) is 28.0 Å². The molecule has 3 aromatic rings.